The topological polar surface area (TPSA) is 49.8 Å². The zero-order valence-electron chi connectivity index (χ0n) is 13.1. The summed E-state index contributed by atoms with van der Waals surface area (Å²) in [6.45, 7) is 8.86. The summed E-state index contributed by atoms with van der Waals surface area (Å²) in [6.07, 6.45) is 1.04. The summed E-state index contributed by atoms with van der Waals surface area (Å²) >= 11 is 0. The molecule has 2 aromatic rings. The zero-order valence-corrected chi connectivity index (χ0v) is 13.1. The van der Waals surface area contributed by atoms with Crippen LogP contribution in [0.3, 0.4) is 0 Å². The lowest BCUT2D eigenvalue weighted by Gasteiger charge is -2.08. The van der Waals surface area contributed by atoms with Crippen LogP contribution in [0.15, 0.2) is 30.3 Å². The van der Waals surface area contributed by atoms with Gasteiger partial charge in [-0.15, -0.1) is 0 Å². The molecule has 1 heterocycles. The Balaban J connectivity index is 1.62. The number of nitrogens with zero attached hydrogens (tertiary/aromatic N) is 2. The van der Waals surface area contributed by atoms with Crippen LogP contribution >= 0.6 is 0 Å². The van der Waals surface area contributed by atoms with E-state index in [0.717, 1.165) is 43.4 Å². The Kier molecular flexibility index (Phi) is 5.69. The van der Waals surface area contributed by atoms with Crippen molar-refractivity contribution in [1.29, 1.82) is 0 Å². The number of aryl methyl sites for hydroxylation is 3. The Morgan fingerprint density at radius 2 is 1.57 bits per heavy atom. The summed E-state index contributed by atoms with van der Waals surface area (Å²) in [4.78, 5) is 8.73. The molecule has 4 heteroatoms. The number of hydrogen-bond donors (Lipinski definition) is 2. The first-order valence-electron chi connectivity index (χ1n) is 7.46. The maximum atomic E-state index is 4.37. The summed E-state index contributed by atoms with van der Waals surface area (Å²) in [5.74, 6) is 0.728. The van der Waals surface area contributed by atoms with Gasteiger partial charge in [-0.2, -0.15) is 0 Å². The Bertz CT molecular complexity index is 543. The van der Waals surface area contributed by atoms with E-state index in [1.807, 2.05) is 19.9 Å². The smallest absolute Gasteiger partial charge is 0.223 e. The molecule has 0 aliphatic rings. The van der Waals surface area contributed by atoms with Crippen molar-refractivity contribution in [3.05, 3.63) is 52.8 Å². The number of hydrogen-bond acceptors (Lipinski definition) is 4. The lowest BCUT2D eigenvalue weighted by atomic mass is 10.1. The van der Waals surface area contributed by atoms with E-state index in [2.05, 4.69) is 51.8 Å². The first-order valence-corrected chi connectivity index (χ1v) is 7.46. The molecule has 112 valence electrons. The third-order valence-corrected chi connectivity index (χ3v) is 3.25. The van der Waals surface area contributed by atoms with Crippen molar-refractivity contribution >= 4 is 5.95 Å². The molecule has 0 radical (unpaired) electrons. The van der Waals surface area contributed by atoms with Crippen molar-refractivity contribution in [2.24, 2.45) is 0 Å². The lowest BCUT2D eigenvalue weighted by molar-refractivity contribution is 0.662. The van der Waals surface area contributed by atoms with Gasteiger partial charge in [0.2, 0.25) is 5.95 Å². The van der Waals surface area contributed by atoms with Gasteiger partial charge in [-0.05, 0) is 45.4 Å². The summed E-state index contributed by atoms with van der Waals surface area (Å²) in [7, 11) is 0. The van der Waals surface area contributed by atoms with Crippen molar-refractivity contribution in [1.82, 2.24) is 15.3 Å². The van der Waals surface area contributed by atoms with E-state index in [-0.39, 0.29) is 0 Å². The van der Waals surface area contributed by atoms with E-state index < -0.39 is 0 Å². The van der Waals surface area contributed by atoms with E-state index in [0.29, 0.717) is 0 Å². The Hall–Kier alpha value is -1.94. The van der Waals surface area contributed by atoms with Gasteiger partial charge in [0.15, 0.2) is 0 Å². The molecule has 0 spiro atoms. The van der Waals surface area contributed by atoms with Gasteiger partial charge in [0.25, 0.3) is 0 Å². The van der Waals surface area contributed by atoms with Gasteiger partial charge in [0.1, 0.15) is 0 Å². The maximum Gasteiger partial charge on any atom is 0.223 e. The molecule has 2 N–H and O–H groups in total. The molecule has 0 aliphatic carbocycles. The van der Waals surface area contributed by atoms with E-state index >= 15 is 0 Å². The Labute approximate surface area is 127 Å². The normalized spacial score (nSPS) is 10.6. The number of nitrogens with one attached hydrogen (secondary N) is 2. The average Bonchev–Trinajstić information content (AvgIpc) is 2.43. The van der Waals surface area contributed by atoms with Gasteiger partial charge in [-0.1, -0.05) is 29.8 Å². The second-order valence-electron chi connectivity index (χ2n) is 5.42. The molecule has 0 amide bonds. The van der Waals surface area contributed by atoms with Crippen LogP contribution in [0.2, 0.25) is 0 Å². The highest BCUT2D eigenvalue weighted by Crippen LogP contribution is 2.04. The zero-order chi connectivity index (χ0) is 15.1. The highest BCUT2D eigenvalue weighted by atomic mass is 15.1. The summed E-state index contributed by atoms with van der Waals surface area (Å²) in [6, 6.07) is 10.6. The van der Waals surface area contributed by atoms with Gasteiger partial charge in [0, 0.05) is 24.5 Å². The Morgan fingerprint density at radius 3 is 2.24 bits per heavy atom. The number of benzene rings is 1. The monoisotopic (exact) mass is 284 g/mol. The molecule has 1 aromatic carbocycles. The van der Waals surface area contributed by atoms with Gasteiger partial charge in [-0.25, -0.2) is 9.97 Å². The van der Waals surface area contributed by atoms with Crippen LogP contribution < -0.4 is 10.6 Å². The first-order chi connectivity index (χ1) is 10.1. The number of rotatable bonds is 7. The molecule has 0 fully saturated rings. The van der Waals surface area contributed by atoms with E-state index in [1.165, 1.54) is 11.1 Å². The minimum absolute atomic E-state index is 0.728. The van der Waals surface area contributed by atoms with Crippen LogP contribution in [0.1, 0.15) is 28.9 Å². The molecule has 0 aliphatic heterocycles. The first kappa shape index (κ1) is 15.4. The van der Waals surface area contributed by atoms with Crippen LogP contribution in [0.5, 0.6) is 0 Å². The fourth-order valence-corrected chi connectivity index (χ4v) is 2.16. The predicted molar refractivity (Wildman–Crippen MR) is 87.5 cm³/mol. The standard InChI is InChI=1S/C17H24N4/c1-13-5-7-16(8-6-13)12-18-9-4-10-19-17-20-14(2)11-15(3)21-17/h5-8,11,18H,4,9-10,12H2,1-3H3,(H,19,20,21). The summed E-state index contributed by atoms with van der Waals surface area (Å²) in [5, 5.41) is 6.72. The molecule has 0 bridgehead atoms. The fraction of sp³-hybridized carbons (Fsp3) is 0.412. The van der Waals surface area contributed by atoms with Gasteiger partial charge >= 0.3 is 0 Å². The summed E-state index contributed by atoms with van der Waals surface area (Å²) < 4.78 is 0. The SMILES string of the molecule is Cc1ccc(CNCCCNc2nc(C)cc(C)n2)cc1. The maximum absolute atomic E-state index is 4.37. The largest absolute Gasteiger partial charge is 0.354 e. The number of aromatic nitrogens is 2. The van der Waals surface area contributed by atoms with E-state index in [4.69, 9.17) is 0 Å². The van der Waals surface area contributed by atoms with Crippen molar-refractivity contribution in [3.63, 3.8) is 0 Å². The lowest BCUT2D eigenvalue weighted by Crippen LogP contribution is -2.18. The summed E-state index contributed by atoms with van der Waals surface area (Å²) in [5.41, 5.74) is 4.63. The second-order valence-corrected chi connectivity index (χ2v) is 5.42. The molecule has 0 atom stereocenters. The molecule has 1 aromatic heterocycles. The van der Waals surface area contributed by atoms with Crippen molar-refractivity contribution < 1.29 is 0 Å². The average molecular weight is 284 g/mol. The third-order valence-electron chi connectivity index (χ3n) is 3.25. The van der Waals surface area contributed by atoms with Gasteiger partial charge in [0.05, 0.1) is 0 Å². The molecule has 2 rings (SSSR count). The third kappa shape index (κ3) is 5.52. The molecule has 0 saturated heterocycles. The molecule has 4 nitrogen and oxygen atoms in total. The molecule has 0 saturated carbocycles. The minimum atomic E-state index is 0.728. The second kappa shape index (κ2) is 7.74. The van der Waals surface area contributed by atoms with Crippen LogP contribution in [-0.2, 0) is 6.54 Å². The van der Waals surface area contributed by atoms with Gasteiger partial charge in [-0.3, -0.25) is 0 Å². The highest BCUT2D eigenvalue weighted by Gasteiger charge is 1.98. The van der Waals surface area contributed by atoms with Crippen molar-refractivity contribution in [3.8, 4) is 0 Å². The van der Waals surface area contributed by atoms with E-state index in [1.54, 1.807) is 0 Å². The van der Waals surface area contributed by atoms with E-state index in [9.17, 15) is 0 Å². The predicted octanol–water partition coefficient (Wildman–Crippen LogP) is 2.99. The van der Waals surface area contributed by atoms with Crippen molar-refractivity contribution in [2.75, 3.05) is 18.4 Å². The van der Waals surface area contributed by atoms with Crippen LogP contribution in [-0.4, -0.2) is 23.1 Å². The molecular weight excluding hydrogens is 260 g/mol. The molecular formula is C17H24N4. The van der Waals surface area contributed by atoms with Crippen LogP contribution in [0.25, 0.3) is 0 Å². The fourth-order valence-electron chi connectivity index (χ4n) is 2.16. The van der Waals surface area contributed by atoms with Crippen LogP contribution in [0, 0.1) is 20.8 Å². The Morgan fingerprint density at radius 1 is 0.905 bits per heavy atom. The van der Waals surface area contributed by atoms with Crippen molar-refractivity contribution in [2.45, 2.75) is 33.7 Å². The van der Waals surface area contributed by atoms with Gasteiger partial charge < -0.3 is 10.6 Å². The molecule has 21 heavy (non-hydrogen) atoms. The quantitative estimate of drug-likeness (QED) is 0.767. The minimum Gasteiger partial charge on any atom is -0.354 e. The number of anilines is 1. The molecule has 0 unspecified atom stereocenters. The van der Waals surface area contributed by atoms with Crippen LogP contribution in [0.4, 0.5) is 5.95 Å². The highest BCUT2D eigenvalue weighted by molar-refractivity contribution is 5.27.